The molecule has 70 valence electrons. The molecule has 0 heterocycles. The Kier molecular flexibility index (Phi) is 6.77. The van der Waals surface area contributed by atoms with E-state index in [0.717, 1.165) is 0 Å². The Morgan fingerprint density at radius 3 is 1.92 bits per heavy atom. The summed E-state index contributed by atoms with van der Waals surface area (Å²) >= 11 is 22.6. The van der Waals surface area contributed by atoms with Crippen LogP contribution in [0.1, 0.15) is 0 Å². The van der Waals surface area contributed by atoms with E-state index in [1.165, 1.54) is 6.26 Å². The molecule has 0 aliphatic rings. The van der Waals surface area contributed by atoms with Crippen LogP contribution >= 0.6 is 66.7 Å². The van der Waals surface area contributed by atoms with E-state index in [9.17, 15) is 4.21 Å². The van der Waals surface area contributed by atoms with Crippen molar-refractivity contribution in [2.24, 2.45) is 0 Å². The van der Waals surface area contributed by atoms with Crippen molar-refractivity contribution in [2.45, 2.75) is 0 Å². The molecule has 0 aromatic heterocycles. The van der Waals surface area contributed by atoms with Gasteiger partial charge in [-0.05, 0) is 31.9 Å². The second-order valence-electron chi connectivity index (χ2n) is 1.62. The predicted molar refractivity (Wildman–Crippen MR) is 63.5 cm³/mol. The molecule has 0 spiro atoms. The first-order valence-electron chi connectivity index (χ1n) is 2.47. The van der Waals surface area contributed by atoms with E-state index in [2.05, 4.69) is 31.9 Å². The van der Waals surface area contributed by atoms with E-state index in [1.807, 2.05) is 0 Å². The molecular formula is C5H3Br2Cl3OS. The first-order valence-corrected chi connectivity index (χ1v) is 6.75. The first-order chi connectivity index (χ1) is 5.37. The van der Waals surface area contributed by atoms with Crippen molar-refractivity contribution in [2.75, 3.05) is 6.26 Å². The molecule has 0 saturated heterocycles. The molecule has 12 heavy (non-hydrogen) atoms. The third-order valence-electron chi connectivity index (χ3n) is 0.784. The van der Waals surface area contributed by atoms with Gasteiger partial charge < -0.3 is 0 Å². The first kappa shape index (κ1) is 13.5. The van der Waals surface area contributed by atoms with Crippen LogP contribution in [-0.2, 0) is 10.8 Å². The lowest BCUT2D eigenvalue weighted by Crippen LogP contribution is -1.87. The molecule has 1 atom stereocenters. The van der Waals surface area contributed by atoms with Gasteiger partial charge in [0, 0.05) is 6.26 Å². The van der Waals surface area contributed by atoms with Crippen LogP contribution in [-0.4, -0.2) is 10.5 Å². The second-order valence-corrected chi connectivity index (χ2v) is 6.37. The summed E-state index contributed by atoms with van der Waals surface area (Å²) in [7, 11) is -1.16. The van der Waals surface area contributed by atoms with Crippen molar-refractivity contribution in [1.29, 1.82) is 0 Å². The summed E-state index contributed by atoms with van der Waals surface area (Å²) in [5.74, 6) is 0. The van der Waals surface area contributed by atoms with Crippen LogP contribution in [0, 0.1) is 0 Å². The fourth-order valence-electron chi connectivity index (χ4n) is 0.295. The maximum atomic E-state index is 10.9. The molecule has 0 fully saturated rings. The van der Waals surface area contributed by atoms with Gasteiger partial charge in [0.2, 0.25) is 0 Å². The van der Waals surface area contributed by atoms with Gasteiger partial charge in [-0.3, -0.25) is 4.21 Å². The van der Waals surface area contributed by atoms with Gasteiger partial charge in [-0.15, -0.1) is 0 Å². The molecule has 0 aromatic rings. The van der Waals surface area contributed by atoms with Crippen molar-refractivity contribution >= 4 is 77.5 Å². The van der Waals surface area contributed by atoms with Gasteiger partial charge >= 0.3 is 0 Å². The van der Waals surface area contributed by atoms with Gasteiger partial charge in [-0.2, -0.15) is 0 Å². The molecule has 0 radical (unpaired) electrons. The van der Waals surface area contributed by atoms with Crippen molar-refractivity contribution < 1.29 is 4.21 Å². The molecule has 0 aliphatic carbocycles. The van der Waals surface area contributed by atoms with Gasteiger partial charge in [0.05, 0.1) is 24.1 Å². The third kappa shape index (κ3) is 4.11. The van der Waals surface area contributed by atoms with Gasteiger partial charge in [0.1, 0.15) is 4.49 Å². The van der Waals surface area contributed by atoms with E-state index in [1.54, 1.807) is 0 Å². The van der Waals surface area contributed by atoms with E-state index < -0.39 is 10.8 Å². The highest BCUT2D eigenvalue weighted by Gasteiger charge is 2.10. The number of hydrogen-bond acceptors (Lipinski definition) is 1. The lowest BCUT2D eigenvalue weighted by Gasteiger charge is -1.99. The van der Waals surface area contributed by atoms with Crippen LogP contribution in [0.3, 0.4) is 0 Å². The Hall–Kier alpha value is 1.46. The zero-order valence-electron chi connectivity index (χ0n) is 5.71. The van der Waals surface area contributed by atoms with Crippen LogP contribution in [0.4, 0.5) is 0 Å². The summed E-state index contributed by atoms with van der Waals surface area (Å²) in [6.45, 7) is 0. The number of rotatable bonds is 2. The molecule has 0 aromatic carbocycles. The highest BCUT2D eigenvalue weighted by Crippen LogP contribution is 2.34. The molecule has 0 bridgehead atoms. The van der Waals surface area contributed by atoms with Crippen LogP contribution in [0.15, 0.2) is 17.8 Å². The molecule has 0 saturated carbocycles. The van der Waals surface area contributed by atoms with Gasteiger partial charge in [0.25, 0.3) is 0 Å². The summed E-state index contributed by atoms with van der Waals surface area (Å²) in [4.78, 5) is 0. The minimum atomic E-state index is -1.16. The molecule has 0 N–H and O–H groups in total. The topological polar surface area (TPSA) is 17.1 Å². The minimum Gasteiger partial charge on any atom is -0.254 e. The summed E-state index contributed by atoms with van der Waals surface area (Å²) in [6.07, 6.45) is 1.50. The van der Waals surface area contributed by atoms with E-state index in [4.69, 9.17) is 34.8 Å². The molecule has 7 heteroatoms. The number of halogens is 5. The van der Waals surface area contributed by atoms with E-state index in [0.29, 0.717) is 8.30 Å². The Morgan fingerprint density at radius 1 is 1.25 bits per heavy atom. The average molecular weight is 377 g/mol. The SMILES string of the molecule is CS(=O)C(Br)=C(Br)C(Cl)=C(Cl)Cl. The molecular weight excluding hydrogens is 374 g/mol. The van der Waals surface area contributed by atoms with Crippen molar-refractivity contribution in [1.82, 2.24) is 0 Å². The Labute approximate surface area is 105 Å². The second kappa shape index (κ2) is 6.04. The van der Waals surface area contributed by atoms with E-state index >= 15 is 0 Å². The maximum Gasteiger partial charge on any atom is 0.126 e. The summed E-state index contributed by atoms with van der Waals surface area (Å²) in [5, 5.41) is 0.125. The lowest BCUT2D eigenvalue weighted by atomic mass is 10.6. The highest BCUT2D eigenvalue weighted by atomic mass is 79.9. The average Bonchev–Trinajstić information content (AvgIpc) is 2.00. The highest BCUT2D eigenvalue weighted by molar-refractivity contribution is 9.15. The van der Waals surface area contributed by atoms with Crippen LogP contribution in [0.25, 0.3) is 0 Å². The number of hydrogen-bond donors (Lipinski definition) is 0. The quantitative estimate of drug-likeness (QED) is 0.659. The zero-order chi connectivity index (χ0) is 9.89. The third-order valence-corrected chi connectivity index (χ3v) is 6.02. The van der Waals surface area contributed by atoms with Crippen LogP contribution in [0.2, 0.25) is 0 Å². The Balaban J connectivity index is 5.06. The summed E-state index contributed by atoms with van der Waals surface area (Å²) in [6, 6.07) is 0. The number of allylic oxidation sites excluding steroid dienone is 2. The summed E-state index contributed by atoms with van der Waals surface area (Å²) in [5.41, 5.74) is 0. The van der Waals surface area contributed by atoms with Gasteiger partial charge in [-0.1, -0.05) is 34.8 Å². The fourth-order valence-corrected chi connectivity index (χ4v) is 2.41. The monoisotopic (exact) mass is 374 g/mol. The summed E-state index contributed by atoms with van der Waals surface area (Å²) < 4.78 is 11.6. The largest absolute Gasteiger partial charge is 0.254 e. The van der Waals surface area contributed by atoms with Gasteiger partial charge in [0.15, 0.2) is 0 Å². The minimum absolute atomic E-state index is 0.0778. The normalized spacial score (nSPS) is 15.2. The van der Waals surface area contributed by atoms with Gasteiger partial charge in [-0.25, -0.2) is 0 Å². The van der Waals surface area contributed by atoms with E-state index in [-0.39, 0.29) is 9.52 Å². The maximum absolute atomic E-state index is 10.9. The Bertz CT molecular complexity index is 270. The zero-order valence-corrected chi connectivity index (χ0v) is 12.0. The Morgan fingerprint density at radius 2 is 1.67 bits per heavy atom. The van der Waals surface area contributed by atoms with Crippen molar-refractivity contribution in [3.05, 3.63) is 17.8 Å². The molecule has 0 rings (SSSR count). The molecule has 1 nitrogen and oxygen atoms in total. The van der Waals surface area contributed by atoms with Crippen LogP contribution in [0.5, 0.6) is 0 Å². The predicted octanol–water partition coefficient (Wildman–Crippen LogP) is 4.21. The molecule has 1 unspecified atom stereocenters. The van der Waals surface area contributed by atoms with Crippen LogP contribution < -0.4 is 0 Å². The molecule has 0 amide bonds. The van der Waals surface area contributed by atoms with Crippen molar-refractivity contribution in [3.63, 3.8) is 0 Å². The molecule has 0 aliphatic heterocycles. The smallest absolute Gasteiger partial charge is 0.126 e. The standard InChI is InChI=1S/C5H3Br2Cl3OS/c1-12(11)4(7)2(6)3(8)5(9)10/h1H3. The lowest BCUT2D eigenvalue weighted by molar-refractivity contribution is 0.691. The fraction of sp³-hybridized carbons (Fsp3) is 0.200. The van der Waals surface area contributed by atoms with Crippen molar-refractivity contribution in [3.8, 4) is 0 Å².